The van der Waals surface area contributed by atoms with E-state index in [0.29, 0.717) is 12.6 Å². The molecule has 1 aliphatic carbocycles. The molecule has 20 heavy (non-hydrogen) atoms. The highest BCUT2D eigenvalue weighted by atomic mass is 79.9. The molecule has 4 nitrogen and oxygen atoms in total. The van der Waals surface area contributed by atoms with Crippen molar-refractivity contribution in [2.75, 3.05) is 0 Å². The molecule has 1 N–H and O–H groups in total. The number of aromatic nitrogens is 1. The Morgan fingerprint density at radius 2 is 2.25 bits per heavy atom. The first-order chi connectivity index (χ1) is 9.70. The second kappa shape index (κ2) is 5.97. The molecule has 0 radical (unpaired) electrons. The minimum atomic E-state index is 0.402. The average molecular weight is 337 g/mol. The van der Waals surface area contributed by atoms with Crippen LogP contribution in [0, 0.1) is 6.92 Å². The Morgan fingerprint density at radius 1 is 1.40 bits per heavy atom. The molecule has 0 bridgehead atoms. The molecule has 0 amide bonds. The SMILES string of the molecule is Cc1cc(Br)ccc1OCc1cc(CNC2CC2)no1. The highest BCUT2D eigenvalue weighted by Crippen LogP contribution is 2.23. The van der Waals surface area contributed by atoms with Gasteiger partial charge in [0.1, 0.15) is 12.4 Å². The minimum absolute atomic E-state index is 0.402. The zero-order valence-corrected chi connectivity index (χ0v) is 12.9. The standard InChI is InChI=1S/C15H17BrN2O2/c1-10-6-11(16)2-5-15(10)19-9-14-7-13(18-20-14)8-17-12-3-4-12/h2,5-7,12,17H,3-4,8-9H2,1H3. The van der Waals surface area contributed by atoms with Crippen LogP contribution in [0.1, 0.15) is 29.9 Å². The van der Waals surface area contributed by atoms with Gasteiger partial charge >= 0.3 is 0 Å². The number of hydrogen-bond acceptors (Lipinski definition) is 4. The van der Waals surface area contributed by atoms with Crippen molar-refractivity contribution in [1.82, 2.24) is 10.5 Å². The van der Waals surface area contributed by atoms with Gasteiger partial charge in [-0.2, -0.15) is 0 Å². The van der Waals surface area contributed by atoms with Gasteiger partial charge in [0.2, 0.25) is 0 Å². The van der Waals surface area contributed by atoms with E-state index in [4.69, 9.17) is 9.26 Å². The van der Waals surface area contributed by atoms with Crippen molar-refractivity contribution in [1.29, 1.82) is 0 Å². The summed E-state index contributed by atoms with van der Waals surface area (Å²) in [6, 6.07) is 8.57. The lowest BCUT2D eigenvalue weighted by molar-refractivity contribution is 0.247. The Bertz CT molecular complexity index is 593. The van der Waals surface area contributed by atoms with Crippen molar-refractivity contribution in [3.05, 3.63) is 45.8 Å². The Hall–Kier alpha value is -1.33. The highest BCUT2D eigenvalue weighted by Gasteiger charge is 2.20. The molecule has 1 aliphatic rings. The molecular weight excluding hydrogens is 320 g/mol. The number of benzene rings is 1. The van der Waals surface area contributed by atoms with Crippen LogP contribution in [-0.4, -0.2) is 11.2 Å². The summed E-state index contributed by atoms with van der Waals surface area (Å²) >= 11 is 3.44. The van der Waals surface area contributed by atoms with E-state index >= 15 is 0 Å². The first kappa shape index (κ1) is 13.6. The van der Waals surface area contributed by atoms with Crippen LogP contribution in [0.3, 0.4) is 0 Å². The third kappa shape index (κ3) is 3.61. The fourth-order valence-corrected chi connectivity index (χ4v) is 2.44. The van der Waals surface area contributed by atoms with E-state index in [-0.39, 0.29) is 0 Å². The number of nitrogens with zero attached hydrogens (tertiary/aromatic N) is 1. The van der Waals surface area contributed by atoms with Gasteiger partial charge in [0.25, 0.3) is 0 Å². The summed E-state index contributed by atoms with van der Waals surface area (Å²) in [5.41, 5.74) is 2.03. The molecule has 0 aliphatic heterocycles. The predicted octanol–water partition coefficient (Wildman–Crippen LogP) is 3.58. The molecule has 1 heterocycles. The van der Waals surface area contributed by atoms with Crippen LogP contribution in [0.5, 0.6) is 5.75 Å². The number of rotatable bonds is 6. The zero-order valence-electron chi connectivity index (χ0n) is 11.4. The van der Waals surface area contributed by atoms with Crippen molar-refractivity contribution in [2.24, 2.45) is 0 Å². The quantitative estimate of drug-likeness (QED) is 0.875. The third-order valence-electron chi connectivity index (χ3n) is 3.26. The third-order valence-corrected chi connectivity index (χ3v) is 3.76. The summed E-state index contributed by atoms with van der Waals surface area (Å²) < 4.78 is 12.1. The lowest BCUT2D eigenvalue weighted by Crippen LogP contribution is -2.15. The lowest BCUT2D eigenvalue weighted by Gasteiger charge is -2.07. The highest BCUT2D eigenvalue weighted by molar-refractivity contribution is 9.10. The van der Waals surface area contributed by atoms with Crippen molar-refractivity contribution >= 4 is 15.9 Å². The Labute approximate surface area is 126 Å². The van der Waals surface area contributed by atoms with Crippen LogP contribution >= 0.6 is 15.9 Å². The zero-order chi connectivity index (χ0) is 13.9. The van der Waals surface area contributed by atoms with Gasteiger partial charge in [0.15, 0.2) is 5.76 Å². The normalized spacial score (nSPS) is 14.5. The Kier molecular flexibility index (Phi) is 4.08. The summed E-state index contributed by atoms with van der Waals surface area (Å²) in [6.07, 6.45) is 2.55. The molecule has 5 heteroatoms. The predicted molar refractivity (Wildman–Crippen MR) is 79.6 cm³/mol. The Balaban J connectivity index is 1.54. The first-order valence-electron chi connectivity index (χ1n) is 6.77. The van der Waals surface area contributed by atoms with Crippen LogP contribution in [0.4, 0.5) is 0 Å². The fourth-order valence-electron chi connectivity index (χ4n) is 1.97. The van der Waals surface area contributed by atoms with Crippen molar-refractivity contribution in [3.63, 3.8) is 0 Å². The monoisotopic (exact) mass is 336 g/mol. The fraction of sp³-hybridized carbons (Fsp3) is 0.400. The smallest absolute Gasteiger partial charge is 0.174 e. The maximum atomic E-state index is 5.75. The van der Waals surface area contributed by atoms with Crippen LogP contribution in [0.25, 0.3) is 0 Å². The molecule has 2 aromatic rings. The molecule has 0 atom stereocenters. The number of nitrogens with one attached hydrogen (secondary N) is 1. The van der Waals surface area contributed by atoms with Gasteiger partial charge in [-0.15, -0.1) is 0 Å². The number of halogens is 1. The van der Waals surface area contributed by atoms with Crippen LogP contribution in [0.2, 0.25) is 0 Å². The van der Waals surface area contributed by atoms with Gasteiger partial charge in [-0.1, -0.05) is 21.1 Å². The van der Waals surface area contributed by atoms with E-state index in [0.717, 1.165) is 33.8 Å². The molecule has 106 valence electrons. The summed E-state index contributed by atoms with van der Waals surface area (Å²) in [7, 11) is 0. The molecule has 1 aromatic heterocycles. The van der Waals surface area contributed by atoms with Crippen LogP contribution < -0.4 is 10.1 Å². The van der Waals surface area contributed by atoms with Gasteiger partial charge in [0, 0.05) is 23.1 Å². The van der Waals surface area contributed by atoms with Gasteiger partial charge in [-0.3, -0.25) is 0 Å². The van der Waals surface area contributed by atoms with Crippen LogP contribution in [-0.2, 0) is 13.2 Å². The maximum Gasteiger partial charge on any atom is 0.174 e. The lowest BCUT2D eigenvalue weighted by atomic mass is 10.2. The van der Waals surface area contributed by atoms with Crippen LogP contribution in [0.15, 0.2) is 33.3 Å². The molecule has 1 saturated carbocycles. The van der Waals surface area contributed by atoms with Gasteiger partial charge in [-0.05, 0) is 43.5 Å². The molecule has 0 saturated heterocycles. The number of hydrogen-bond donors (Lipinski definition) is 1. The molecule has 3 rings (SSSR count). The first-order valence-corrected chi connectivity index (χ1v) is 7.57. The van der Waals surface area contributed by atoms with E-state index in [1.807, 2.05) is 31.2 Å². The minimum Gasteiger partial charge on any atom is -0.485 e. The second-order valence-corrected chi connectivity index (χ2v) is 6.05. The molecule has 0 spiro atoms. The summed E-state index contributed by atoms with van der Waals surface area (Å²) in [5, 5.41) is 7.45. The van der Waals surface area contributed by atoms with E-state index in [2.05, 4.69) is 26.4 Å². The number of ether oxygens (including phenoxy) is 1. The maximum absolute atomic E-state index is 5.75. The molecule has 0 unspecified atom stereocenters. The summed E-state index contributed by atoms with van der Waals surface area (Å²) in [4.78, 5) is 0. The molecule has 1 aromatic carbocycles. The van der Waals surface area contributed by atoms with Gasteiger partial charge < -0.3 is 14.6 Å². The van der Waals surface area contributed by atoms with Gasteiger partial charge in [-0.25, -0.2) is 0 Å². The van der Waals surface area contributed by atoms with E-state index in [1.165, 1.54) is 12.8 Å². The van der Waals surface area contributed by atoms with Crippen molar-refractivity contribution < 1.29 is 9.26 Å². The summed E-state index contributed by atoms with van der Waals surface area (Å²) in [5.74, 6) is 1.61. The van der Waals surface area contributed by atoms with E-state index in [1.54, 1.807) is 0 Å². The topological polar surface area (TPSA) is 47.3 Å². The largest absolute Gasteiger partial charge is 0.485 e. The Morgan fingerprint density at radius 3 is 3.00 bits per heavy atom. The van der Waals surface area contributed by atoms with E-state index < -0.39 is 0 Å². The van der Waals surface area contributed by atoms with E-state index in [9.17, 15) is 0 Å². The van der Waals surface area contributed by atoms with Crippen molar-refractivity contribution in [3.8, 4) is 5.75 Å². The summed E-state index contributed by atoms with van der Waals surface area (Å²) in [6.45, 7) is 3.19. The molecule has 1 fully saturated rings. The number of aryl methyl sites for hydroxylation is 1. The molecular formula is C15H17BrN2O2. The second-order valence-electron chi connectivity index (χ2n) is 5.14. The van der Waals surface area contributed by atoms with Crippen molar-refractivity contribution in [2.45, 2.75) is 39.0 Å². The average Bonchev–Trinajstić information content (AvgIpc) is 3.14. The van der Waals surface area contributed by atoms with Gasteiger partial charge in [0.05, 0.1) is 5.69 Å².